The van der Waals surface area contributed by atoms with Crippen LogP contribution >= 0.6 is 0 Å². The molecule has 7 heteroatoms. The Morgan fingerprint density at radius 1 is 1.09 bits per heavy atom. The first-order valence-corrected chi connectivity index (χ1v) is 10.8. The van der Waals surface area contributed by atoms with E-state index in [9.17, 15) is 4.79 Å². The number of nitrogens with one attached hydrogen (secondary N) is 3. The summed E-state index contributed by atoms with van der Waals surface area (Å²) in [7, 11) is 0. The third-order valence-electron chi connectivity index (χ3n) is 5.43. The van der Waals surface area contributed by atoms with Crippen molar-refractivity contribution in [1.29, 1.82) is 0 Å². The largest absolute Gasteiger partial charge is 0.371 e. The van der Waals surface area contributed by atoms with Crippen molar-refractivity contribution in [3.63, 3.8) is 0 Å². The predicted octanol–water partition coefficient (Wildman–Crippen LogP) is 3.99. The van der Waals surface area contributed by atoms with Crippen LogP contribution in [0.1, 0.15) is 22.8 Å². The van der Waals surface area contributed by atoms with Crippen molar-refractivity contribution in [2.24, 2.45) is 5.73 Å². The van der Waals surface area contributed by atoms with Gasteiger partial charge in [0.15, 0.2) is 0 Å². The molecule has 0 bridgehead atoms. The number of hydrogen-bond donors (Lipinski definition) is 4. The summed E-state index contributed by atoms with van der Waals surface area (Å²) in [5, 5.41) is 8.04. The predicted molar refractivity (Wildman–Crippen MR) is 128 cm³/mol. The standard InChI is InChI=1S/C25H29N5O2/c1-18-14-20(10-11-23(18)24-17-27-12-13-32-24)28-25(31)29-30(21-7-3-2-4-8-21)22-9-5-6-19(15-22)16-26/h2-11,14-15,24,27H,12-13,16-17,26H2,1H3,(H2,28,29,31). The maximum atomic E-state index is 12.9. The topological polar surface area (TPSA) is 91.7 Å². The van der Waals surface area contributed by atoms with Crippen LogP contribution in [-0.4, -0.2) is 25.7 Å². The molecule has 1 aliphatic heterocycles. The quantitative estimate of drug-likeness (QED) is 0.443. The van der Waals surface area contributed by atoms with E-state index in [0.29, 0.717) is 13.2 Å². The first-order valence-electron chi connectivity index (χ1n) is 10.8. The average Bonchev–Trinajstić information content (AvgIpc) is 2.84. The summed E-state index contributed by atoms with van der Waals surface area (Å²) >= 11 is 0. The molecule has 2 amide bonds. The van der Waals surface area contributed by atoms with Crippen LogP contribution in [0.15, 0.2) is 72.8 Å². The second-order valence-electron chi connectivity index (χ2n) is 7.75. The fraction of sp³-hybridized carbons (Fsp3) is 0.240. The van der Waals surface area contributed by atoms with Gasteiger partial charge >= 0.3 is 6.03 Å². The van der Waals surface area contributed by atoms with Gasteiger partial charge in [-0.15, -0.1) is 0 Å². The van der Waals surface area contributed by atoms with Gasteiger partial charge in [0.05, 0.1) is 24.1 Å². The monoisotopic (exact) mass is 431 g/mol. The number of amides is 2. The molecule has 3 aromatic carbocycles. The number of benzene rings is 3. The van der Waals surface area contributed by atoms with Crippen LogP contribution in [0.2, 0.25) is 0 Å². The van der Waals surface area contributed by atoms with E-state index in [4.69, 9.17) is 10.5 Å². The maximum absolute atomic E-state index is 12.9. The number of carbonyl (C=O) groups is 1. The third-order valence-corrected chi connectivity index (χ3v) is 5.43. The van der Waals surface area contributed by atoms with Crippen molar-refractivity contribution in [1.82, 2.24) is 10.7 Å². The highest BCUT2D eigenvalue weighted by Gasteiger charge is 2.18. The second kappa shape index (κ2) is 10.3. The molecule has 1 heterocycles. The van der Waals surface area contributed by atoms with Gasteiger partial charge in [-0.25, -0.2) is 10.2 Å². The summed E-state index contributed by atoms with van der Waals surface area (Å²) in [5.41, 5.74) is 14.3. The smallest absolute Gasteiger partial charge is 0.338 e. The molecule has 5 N–H and O–H groups in total. The Balaban J connectivity index is 1.50. The lowest BCUT2D eigenvalue weighted by Gasteiger charge is -2.27. The molecule has 1 aliphatic rings. The van der Waals surface area contributed by atoms with E-state index in [1.165, 1.54) is 0 Å². The SMILES string of the molecule is Cc1cc(NC(=O)NN(c2ccccc2)c2cccc(CN)c2)ccc1C1CNCCO1. The van der Waals surface area contributed by atoms with Crippen LogP contribution in [-0.2, 0) is 11.3 Å². The third kappa shape index (κ3) is 5.26. The fourth-order valence-electron chi connectivity index (χ4n) is 3.82. The highest BCUT2D eigenvalue weighted by Crippen LogP contribution is 2.26. The van der Waals surface area contributed by atoms with Crippen molar-refractivity contribution in [3.8, 4) is 0 Å². The molecule has 0 aliphatic carbocycles. The molecule has 1 saturated heterocycles. The van der Waals surface area contributed by atoms with Gasteiger partial charge in [0.1, 0.15) is 0 Å². The normalized spacial score (nSPS) is 15.8. The number of carbonyl (C=O) groups excluding carboxylic acids is 1. The zero-order chi connectivity index (χ0) is 22.3. The number of anilines is 3. The maximum Gasteiger partial charge on any atom is 0.338 e. The number of hydrogen-bond acceptors (Lipinski definition) is 5. The molecule has 1 unspecified atom stereocenters. The van der Waals surface area contributed by atoms with Crippen LogP contribution in [0, 0.1) is 6.92 Å². The van der Waals surface area contributed by atoms with Crippen LogP contribution in [0.5, 0.6) is 0 Å². The van der Waals surface area contributed by atoms with E-state index in [1.807, 2.05) is 79.7 Å². The molecule has 0 aromatic heterocycles. The number of nitrogens with zero attached hydrogens (tertiary/aromatic N) is 1. The van der Waals surface area contributed by atoms with Gasteiger partial charge in [-0.1, -0.05) is 36.4 Å². The Kier molecular flexibility index (Phi) is 7.01. The summed E-state index contributed by atoms with van der Waals surface area (Å²) in [6, 6.07) is 23.0. The first kappa shape index (κ1) is 21.8. The van der Waals surface area contributed by atoms with Crippen LogP contribution in [0.3, 0.4) is 0 Å². The molecule has 1 fully saturated rings. The molecule has 4 rings (SSSR count). The van der Waals surface area contributed by atoms with Gasteiger partial charge in [0.2, 0.25) is 0 Å². The van der Waals surface area contributed by atoms with Gasteiger partial charge in [0.25, 0.3) is 0 Å². The molecule has 0 spiro atoms. The molecule has 166 valence electrons. The molecular weight excluding hydrogens is 402 g/mol. The average molecular weight is 432 g/mol. The lowest BCUT2D eigenvalue weighted by atomic mass is 10.0. The lowest BCUT2D eigenvalue weighted by Crippen LogP contribution is -2.41. The van der Waals surface area contributed by atoms with Gasteiger partial charge in [0, 0.05) is 25.3 Å². The molecule has 0 radical (unpaired) electrons. The van der Waals surface area contributed by atoms with Crippen molar-refractivity contribution < 1.29 is 9.53 Å². The van der Waals surface area contributed by atoms with Gasteiger partial charge in [-0.3, -0.25) is 5.01 Å². The van der Waals surface area contributed by atoms with Crippen LogP contribution < -0.4 is 26.8 Å². The molecule has 7 nitrogen and oxygen atoms in total. The summed E-state index contributed by atoms with van der Waals surface area (Å²) < 4.78 is 5.86. The van der Waals surface area contributed by atoms with E-state index < -0.39 is 0 Å². The van der Waals surface area contributed by atoms with Crippen molar-refractivity contribution in [2.75, 3.05) is 30.0 Å². The van der Waals surface area contributed by atoms with Gasteiger partial charge < -0.3 is 21.1 Å². The Morgan fingerprint density at radius 3 is 2.62 bits per heavy atom. The zero-order valence-electron chi connectivity index (χ0n) is 18.2. The molecular formula is C25H29N5O2. The Labute approximate surface area is 188 Å². The summed E-state index contributed by atoms with van der Waals surface area (Å²) in [4.78, 5) is 12.9. The van der Waals surface area contributed by atoms with E-state index >= 15 is 0 Å². The van der Waals surface area contributed by atoms with E-state index in [1.54, 1.807) is 5.01 Å². The molecule has 0 saturated carbocycles. The van der Waals surface area contributed by atoms with Crippen LogP contribution in [0.4, 0.5) is 21.9 Å². The molecule has 1 atom stereocenters. The number of aryl methyl sites for hydroxylation is 1. The number of para-hydroxylation sites is 1. The van der Waals surface area contributed by atoms with E-state index in [2.05, 4.69) is 16.1 Å². The number of nitrogens with two attached hydrogens (primary N) is 1. The Morgan fingerprint density at radius 2 is 1.91 bits per heavy atom. The zero-order valence-corrected chi connectivity index (χ0v) is 18.2. The van der Waals surface area contributed by atoms with E-state index in [0.717, 1.165) is 46.8 Å². The number of ether oxygens (including phenoxy) is 1. The Bertz CT molecular complexity index is 1050. The Hall–Kier alpha value is -3.39. The lowest BCUT2D eigenvalue weighted by molar-refractivity contribution is 0.0273. The minimum atomic E-state index is -0.338. The number of morpholine rings is 1. The van der Waals surface area contributed by atoms with Crippen LogP contribution in [0.25, 0.3) is 0 Å². The summed E-state index contributed by atoms with van der Waals surface area (Å²) in [6.45, 7) is 4.83. The first-order chi connectivity index (χ1) is 15.6. The molecule has 32 heavy (non-hydrogen) atoms. The van der Waals surface area contributed by atoms with E-state index in [-0.39, 0.29) is 12.1 Å². The highest BCUT2D eigenvalue weighted by atomic mass is 16.5. The summed E-state index contributed by atoms with van der Waals surface area (Å²) in [6.07, 6.45) is 0.0371. The fourth-order valence-corrected chi connectivity index (χ4v) is 3.82. The summed E-state index contributed by atoms with van der Waals surface area (Å²) in [5.74, 6) is 0. The minimum absolute atomic E-state index is 0.0371. The second-order valence-corrected chi connectivity index (χ2v) is 7.75. The van der Waals surface area contributed by atoms with Crippen molar-refractivity contribution >= 4 is 23.1 Å². The minimum Gasteiger partial charge on any atom is -0.371 e. The van der Waals surface area contributed by atoms with Crippen molar-refractivity contribution in [2.45, 2.75) is 19.6 Å². The van der Waals surface area contributed by atoms with Gasteiger partial charge in [-0.2, -0.15) is 0 Å². The number of rotatable bonds is 6. The highest BCUT2D eigenvalue weighted by molar-refractivity contribution is 5.91. The molecule has 3 aromatic rings. The van der Waals surface area contributed by atoms with Crippen molar-refractivity contribution in [3.05, 3.63) is 89.5 Å². The number of urea groups is 1. The number of hydrazine groups is 1. The van der Waals surface area contributed by atoms with Gasteiger partial charge in [-0.05, 0) is 60.0 Å².